The fourth-order valence-electron chi connectivity index (χ4n) is 3.03. The van der Waals surface area contributed by atoms with E-state index in [2.05, 4.69) is 20.9 Å². The van der Waals surface area contributed by atoms with Crippen molar-refractivity contribution in [3.63, 3.8) is 0 Å². The molecule has 1 aliphatic heterocycles. The fourth-order valence-corrected chi connectivity index (χ4v) is 3.03. The van der Waals surface area contributed by atoms with Gasteiger partial charge in [-0.1, -0.05) is 12.1 Å². The number of aromatic nitrogens is 2. The number of H-pyrrole nitrogens is 1. The van der Waals surface area contributed by atoms with Gasteiger partial charge in [0.15, 0.2) is 0 Å². The molecule has 3 aromatic rings. The van der Waals surface area contributed by atoms with Crippen molar-refractivity contribution < 1.29 is 4.39 Å². The van der Waals surface area contributed by atoms with Crippen LogP contribution in [-0.4, -0.2) is 23.1 Å². The normalized spacial score (nSPS) is 15.1. The molecular formula is C18H16FN3. The highest BCUT2D eigenvalue weighted by Crippen LogP contribution is 2.30. The van der Waals surface area contributed by atoms with E-state index in [4.69, 9.17) is 0 Å². The molecular weight excluding hydrogens is 277 g/mol. The fraction of sp³-hybridized carbons (Fsp3) is 0.167. The highest BCUT2D eigenvalue weighted by atomic mass is 19.1. The molecule has 2 aromatic heterocycles. The Bertz CT molecular complexity index is 836. The van der Waals surface area contributed by atoms with Gasteiger partial charge in [-0.3, -0.25) is 0 Å². The Morgan fingerprint density at radius 3 is 2.91 bits per heavy atom. The van der Waals surface area contributed by atoms with Crippen LogP contribution in [0.25, 0.3) is 16.5 Å². The van der Waals surface area contributed by atoms with E-state index in [1.807, 2.05) is 36.7 Å². The molecule has 3 heterocycles. The smallest absolute Gasteiger partial charge is 0.128 e. The molecule has 0 bridgehead atoms. The van der Waals surface area contributed by atoms with Crippen LogP contribution in [0.2, 0.25) is 0 Å². The Morgan fingerprint density at radius 2 is 2.14 bits per heavy atom. The number of benzene rings is 1. The predicted molar refractivity (Wildman–Crippen MR) is 87.3 cm³/mol. The number of halogens is 1. The number of hydrogen-bond acceptors (Lipinski definition) is 2. The van der Waals surface area contributed by atoms with Crippen LogP contribution in [-0.2, 0) is 0 Å². The van der Waals surface area contributed by atoms with Crippen LogP contribution in [0.4, 0.5) is 10.2 Å². The maximum Gasteiger partial charge on any atom is 0.128 e. The number of hydrogen-bond donors (Lipinski definition) is 1. The van der Waals surface area contributed by atoms with E-state index in [1.54, 1.807) is 6.07 Å². The molecule has 1 aromatic carbocycles. The molecule has 0 amide bonds. The predicted octanol–water partition coefficient (Wildman–Crippen LogP) is 4.00. The van der Waals surface area contributed by atoms with Gasteiger partial charge in [0.25, 0.3) is 0 Å². The van der Waals surface area contributed by atoms with E-state index < -0.39 is 0 Å². The lowest BCUT2D eigenvalue weighted by atomic mass is 9.99. The average Bonchev–Trinajstić information content (AvgIpc) is 2.99. The molecule has 0 atom stereocenters. The molecule has 110 valence electrons. The molecule has 0 fully saturated rings. The molecule has 22 heavy (non-hydrogen) atoms. The summed E-state index contributed by atoms with van der Waals surface area (Å²) in [6.07, 6.45) is 7.00. The zero-order valence-electron chi connectivity index (χ0n) is 12.1. The lowest BCUT2D eigenvalue weighted by molar-refractivity contribution is 0.629. The van der Waals surface area contributed by atoms with Crippen LogP contribution in [0.1, 0.15) is 12.0 Å². The minimum Gasteiger partial charge on any atom is -0.360 e. The van der Waals surface area contributed by atoms with Crippen molar-refractivity contribution in [3.05, 3.63) is 66.2 Å². The molecule has 0 unspecified atom stereocenters. The molecule has 0 saturated heterocycles. The molecule has 3 nitrogen and oxygen atoms in total. The van der Waals surface area contributed by atoms with E-state index >= 15 is 0 Å². The summed E-state index contributed by atoms with van der Waals surface area (Å²) in [5.74, 6) is 0.804. The van der Waals surface area contributed by atoms with Crippen molar-refractivity contribution in [2.75, 3.05) is 18.0 Å². The molecule has 0 aliphatic carbocycles. The molecule has 0 spiro atoms. The third-order valence-corrected chi connectivity index (χ3v) is 4.17. The van der Waals surface area contributed by atoms with Crippen molar-refractivity contribution in [2.24, 2.45) is 0 Å². The van der Waals surface area contributed by atoms with Crippen molar-refractivity contribution in [1.82, 2.24) is 9.97 Å². The van der Waals surface area contributed by atoms with Gasteiger partial charge < -0.3 is 9.88 Å². The summed E-state index contributed by atoms with van der Waals surface area (Å²) in [7, 11) is 0. The van der Waals surface area contributed by atoms with E-state index in [0.29, 0.717) is 0 Å². The summed E-state index contributed by atoms with van der Waals surface area (Å²) in [6, 6.07) is 10.9. The maximum absolute atomic E-state index is 13.3. The standard InChI is InChI=1S/C18H16FN3/c19-14-4-5-15-16(12-21-17(15)11-14)13-6-9-22(10-7-13)18-3-1-2-8-20-18/h1-6,8,11-12,21H,7,9-10H2. The third-order valence-electron chi connectivity index (χ3n) is 4.17. The van der Waals surface area contributed by atoms with Crippen molar-refractivity contribution >= 4 is 22.3 Å². The van der Waals surface area contributed by atoms with Gasteiger partial charge in [-0.2, -0.15) is 0 Å². The maximum atomic E-state index is 13.3. The second-order valence-corrected chi connectivity index (χ2v) is 5.51. The van der Waals surface area contributed by atoms with Crippen LogP contribution in [0, 0.1) is 5.82 Å². The number of rotatable bonds is 2. The van der Waals surface area contributed by atoms with Crippen LogP contribution in [0.3, 0.4) is 0 Å². The van der Waals surface area contributed by atoms with Gasteiger partial charge in [0.05, 0.1) is 0 Å². The van der Waals surface area contributed by atoms with Gasteiger partial charge in [0.2, 0.25) is 0 Å². The Hall–Kier alpha value is -2.62. The molecule has 1 aliphatic rings. The molecule has 4 rings (SSSR count). The minimum absolute atomic E-state index is 0.208. The number of pyridine rings is 1. The summed E-state index contributed by atoms with van der Waals surface area (Å²) < 4.78 is 13.3. The van der Waals surface area contributed by atoms with Crippen LogP contribution in [0.15, 0.2) is 54.9 Å². The second-order valence-electron chi connectivity index (χ2n) is 5.51. The third kappa shape index (κ3) is 2.26. The topological polar surface area (TPSA) is 31.9 Å². The highest BCUT2D eigenvalue weighted by Gasteiger charge is 2.16. The summed E-state index contributed by atoms with van der Waals surface area (Å²) >= 11 is 0. The zero-order valence-corrected chi connectivity index (χ0v) is 12.1. The lowest BCUT2D eigenvalue weighted by Gasteiger charge is -2.27. The van der Waals surface area contributed by atoms with Crippen molar-refractivity contribution in [2.45, 2.75) is 6.42 Å². The van der Waals surface area contributed by atoms with Gasteiger partial charge in [-0.05, 0) is 42.3 Å². The summed E-state index contributed by atoms with van der Waals surface area (Å²) in [5, 5.41) is 1.08. The van der Waals surface area contributed by atoms with E-state index in [-0.39, 0.29) is 5.82 Å². The zero-order chi connectivity index (χ0) is 14.9. The van der Waals surface area contributed by atoms with E-state index in [0.717, 1.165) is 36.2 Å². The summed E-state index contributed by atoms with van der Waals surface area (Å²) in [4.78, 5) is 9.82. The van der Waals surface area contributed by atoms with E-state index in [9.17, 15) is 4.39 Å². The van der Waals surface area contributed by atoms with Gasteiger partial charge in [-0.25, -0.2) is 9.37 Å². The summed E-state index contributed by atoms with van der Waals surface area (Å²) in [5.41, 5.74) is 3.34. The Morgan fingerprint density at radius 1 is 1.18 bits per heavy atom. The number of nitrogens with zero attached hydrogens (tertiary/aromatic N) is 2. The first-order valence-corrected chi connectivity index (χ1v) is 7.43. The SMILES string of the molecule is Fc1ccc2c(C3=CCN(c4ccccn4)CC3)c[nH]c2c1. The van der Waals surface area contributed by atoms with Gasteiger partial charge in [-0.15, -0.1) is 0 Å². The average molecular weight is 293 g/mol. The van der Waals surface area contributed by atoms with Crippen LogP contribution < -0.4 is 4.90 Å². The highest BCUT2D eigenvalue weighted by molar-refractivity contribution is 5.93. The van der Waals surface area contributed by atoms with E-state index in [1.165, 1.54) is 17.2 Å². The second kappa shape index (κ2) is 5.30. The van der Waals surface area contributed by atoms with Crippen molar-refractivity contribution in [1.29, 1.82) is 0 Å². The Kier molecular flexibility index (Phi) is 3.15. The number of anilines is 1. The minimum atomic E-state index is -0.208. The number of aromatic amines is 1. The monoisotopic (exact) mass is 293 g/mol. The quantitative estimate of drug-likeness (QED) is 0.774. The Balaban J connectivity index is 1.63. The molecule has 0 saturated carbocycles. The van der Waals surface area contributed by atoms with Crippen LogP contribution >= 0.6 is 0 Å². The van der Waals surface area contributed by atoms with Crippen LogP contribution in [0.5, 0.6) is 0 Å². The molecule has 0 radical (unpaired) electrons. The van der Waals surface area contributed by atoms with Gasteiger partial charge in [0.1, 0.15) is 11.6 Å². The lowest BCUT2D eigenvalue weighted by Crippen LogP contribution is -2.28. The van der Waals surface area contributed by atoms with Gasteiger partial charge >= 0.3 is 0 Å². The van der Waals surface area contributed by atoms with Crippen molar-refractivity contribution in [3.8, 4) is 0 Å². The first kappa shape index (κ1) is 13.1. The number of fused-ring (bicyclic) bond motifs is 1. The first-order chi connectivity index (χ1) is 10.8. The Labute approximate surface area is 128 Å². The molecule has 1 N–H and O–H groups in total. The summed E-state index contributed by atoms with van der Waals surface area (Å²) in [6.45, 7) is 1.79. The first-order valence-electron chi connectivity index (χ1n) is 7.43. The number of nitrogens with one attached hydrogen (secondary N) is 1. The largest absolute Gasteiger partial charge is 0.360 e. The molecule has 4 heteroatoms. The van der Waals surface area contributed by atoms with Gasteiger partial charge in [0, 0.05) is 41.9 Å².